The molecule has 2 amide bonds. The first kappa shape index (κ1) is 8.33. The molecule has 1 aliphatic rings. The normalized spacial score (nSPS) is 17.5. The summed E-state index contributed by atoms with van der Waals surface area (Å²) in [6.07, 6.45) is 0.748. The third kappa shape index (κ3) is 2.07. The molecule has 0 aliphatic carbocycles. The molecule has 41 valence electrons. The molecule has 0 bridgehead atoms. The predicted molar refractivity (Wildman–Crippen MR) is 22.4 cm³/mol. The van der Waals surface area contributed by atoms with Crippen LogP contribution in [0.15, 0.2) is 0 Å². The second kappa shape index (κ2) is 3.38. The van der Waals surface area contributed by atoms with Gasteiger partial charge in [-0.15, -0.1) is 0 Å². The molecule has 0 unspecified atom stereocenters. The molecule has 0 aromatic carbocycles. The van der Waals surface area contributed by atoms with Crippen LogP contribution < -0.4 is 5.32 Å². The van der Waals surface area contributed by atoms with Gasteiger partial charge in [0.2, 0.25) is 11.8 Å². The van der Waals surface area contributed by atoms with Crippen molar-refractivity contribution in [3.8, 4) is 0 Å². The van der Waals surface area contributed by atoms with Gasteiger partial charge in [-0.25, -0.2) is 0 Å². The number of carbonyl (C=O) groups excluding carboxylic acids is 2. The summed E-state index contributed by atoms with van der Waals surface area (Å²) in [5, 5.41) is 2.14. The van der Waals surface area contributed by atoms with Gasteiger partial charge < -0.3 is 0 Å². The maximum absolute atomic E-state index is 10.1. The number of carbonyl (C=O) groups is 2. The van der Waals surface area contributed by atoms with Crippen molar-refractivity contribution in [2.75, 3.05) is 0 Å². The third-order valence-electron chi connectivity index (χ3n) is 0.858. The van der Waals surface area contributed by atoms with Crippen molar-refractivity contribution < 1.29 is 45.2 Å². The van der Waals surface area contributed by atoms with Gasteiger partial charge in [0.05, 0.1) is 0 Å². The SMILES string of the molecule is O=C1CCC(=O)N1.[La]. The Kier molecular flexibility index (Phi) is 3.52. The summed E-state index contributed by atoms with van der Waals surface area (Å²) < 4.78 is 0. The fraction of sp³-hybridized carbons (Fsp3) is 0.500. The zero-order chi connectivity index (χ0) is 5.28. The van der Waals surface area contributed by atoms with Gasteiger partial charge in [0, 0.05) is 48.4 Å². The van der Waals surface area contributed by atoms with Crippen LogP contribution in [0.4, 0.5) is 0 Å². The Balaban J connectivity index is 0.000000490. The summed E-state index contributed by atoms with van der Waals surface area (Å²) in [5.41, 5.74) is 0. The number of nitrogens with one attached hydrogen (secondary N) is 1. The van der Waals surface area contributed by atoms with E-state index >= 15 is 0 Å². The fourth-order valence-corrected chi connectivity index (χ4v) is 0.508. The molecule has 1 fully saturated rings. The van der Waals surface area contributed by atoms with E-state index in [4.69, 9.17) is 0 Å². The third-order valence-corrected chi connectivity index (χ3v) is 0.858. The second-order valence-corrected chi connectivity index (χ2v) is 1.47. The molecule has 1 radical (unpaired) electrons. The Bertz CT molecular complexity index is 109. The average Bonchev–Trinajstić information content (AvgIpc) is 1.87. The molecule has 0 aromatic heterocycles. The van der Waals surface area contributed by atoms with Crippen LogP contribution in [0, 0.1) is 35.6 Å². The minimum Gasteiger partial charge on any atom is -0.296 e. The number of hydrogen-bond donors (Lipinski definition) is 1. The van der Waals surface area contributed by atoms with Gasteiger partial charge in [-0.1, -0.05) is 0 Å². The summed E-state index contributed by atoms with van der Waals surface area (Å²) in [7, 11) is 0. The van der Waals surface area contributed by atoms with Crippen LogP contribution in [0.5, 0.6) is 0 Å². The van der Waals surface area contributed by atoms with E-state index in [1.807, 2.05) is 0 Å². The van der Waals surface area contributed by atoms with Gasteiger partial charge in [0.15, 0.2) is 0 Å². The van der Waals surface area contributed by atoms with Crippen LogP contribution in [-0.2, 0) is 9.59 Å². The van der Waals surface area contributed by atoms with Gasteiger partial charge >= 0.3 is 0 Å². The zero-order valence-corrected chi connectivity index (χ0v) is 7.93. The van der Waals surface area contributed by atoms with E-state index in [1.54, 1.807) is 0 Å². The smallest absolute Gasteiger partial charge is 0.227 e. The Morgan fingerprint density at radius 1 is 1.12 bits per heavy atom. The molecule has 0 atom stereocenters. The van der Waals surface area contributed by atoms with Crippen LogP contribution in [0.25, 0.3) is 0 Å². The first-order valence-corrected chi connectivity index (χ1v) is 2.12. The molecule has 8 heavy (non-hydrogen) atoms. The van der Waals surface area contributed by atoms with E-state index in [0.29, 0.717) is 12.8 Å². The number of imide groups is 1. The van der Waals surface area contributed by atoms with Crippen molar-refractivity contribution >= 4 is 11.8 Å². The standard InChI is InChI=1S/C4H5NO2.La/c6-3-1-2-4(7)5-3;/h1-2H2,(H,5,6,7);. The summed E-state index contributed by atoms with van der Waals surface area (Å²) >= 11 is 0. The topological polar surface area (TPSA) is 46.2 Å². The van der Waals surface area contributed by atoms with E-state index in [0.717, 1.165) is 0 Å². The Morgan fingerprint density at radius 3 is 1.62 bits per heavy atom. The van der Waals surface area contributed by atoms with Crippen LogP contribution in [0.1, 0.15) is 12.8 Å². The molecular formula is C4H5LaNO2. The number of rotatable bonds is 0. The quantitative estimate of drug-likeness (QED) is 0.574. The van der Waals surface area contributed by atoms with E-state index in [1.165, 1.54) is 0 Å². The van der Waals surface area contributed by atoms with E-state index in [-0.39, 0.29) is 47.4 Å². The van der Waals surface area contributed by atoms with Crippen LogP contribution in [-0.4, -0.2) is 11.8 Å². The van der Waals surface area contributed by atoms with Crippen molar-refractivity contribution in [3.05, 3.63) is 0 Å². The molecule has 0 spiro atoms. The van der Waals surface area contributed by atoms with E-state index in [2.05, 4.69) is 5.32 Å². The maximum atomic E-state index is 10.1. The first-order valence-electron chi connectivity index (χ1n) is 2.12. The summed E-state index contributed by atoms with van der Waals surface area (Å²) in [5.74, 6) is -0.296. The Labute approximate surface area is 74.8 Å². The molecule has 3 nitrogen and oxygen atoms in total. The molecule has 0 aromatic rings. The predicted octanol–water partition coefficient (Wildman–Crippen LogP) is -0.577. The molecule has 4 heteroatoms. The molecular weight excluding hydrogens is 233 g/mol. The Hall–Kier alpha value is 0.335. The van der Waals surface area contributed by atoms with Crippen molar-refractivity contribution in [1.29, 1.82) is 0 Å². The Morgan fingerprint density at radius 2 is 1.50 bits per heavy atom. The summed E-state index contributed by atoms with van der Waals surface area (Å²) in [6, 6.07) is 0. The summed E-state index contributed by atoms with van der Waals surface area (Å²) in [4.78, 5) is 20.2. The monoisotopic (exact) mass is 238 g/mol. The van der Waals surface area contributed by atoms with Gasteiger partial charge in [0.1, 0.15) is 0 Å². The molecule has 1 rings (SSSR count). The number of amides is 2. The van der Waals surface area contributed by atoms with Crippen LogP contribution >= 0.6 is 0 Å². The van der Waals surface area contributed by atoms with Gasteiger partial charge in [-0.05, 0) is 0 Å². The fourth-order valence-electron chi connectivity index (χ4n) is 0.508. The van der Waals surface area contributed by atoms with Crippen molar-refractivity contribution in [2.45, 2.75) is 12.8 Å². The van der Waals surface area contributed by atoms with Crippen LogP contribution in [0.2, 0.25) is 0 Å². The molecule has 1 saturated heterocycles. The first-order chi connectivity index (χ1) is 3.29. The van der Waals surface area contributed by atoms with Crippen molar-refractivity contribution in [2.24, 2.45) is 0 Å². The molecule has 0 saturated carbocycles. The number of hydrogen-bond acceptors (Lipinski definition) is 2. The maximum Gasteiger partial charge on any atom is 0.227 e. The van der Waals surface area contributed by atoms with Crippen molar-refractivity contribution in [3.63, 3.8) is 0 Å². The minimum atomic E-state index is -0.148. The van der Waals surface area contributed by atoms with Crippen LogP contribution in [0.3, 0.4) is 0 Å². The van der Waals surface area contributed by atoms with Crippen molar-refractivity contribution in [1.82, 2.24) is 5.32 Å². The zero-order valence-electron chi connectivity index (χ0n) is 4.31. The van der Waals surface area contributed by atoms with Gasteiger partial charge in [-0.2, -0.15) is 0 Å². The summed E-state index contributed by atoms with van der Waals surface area (Å²) in [6.45, 7) is 0. The van der Waals surface area contributed by atoms with Gasteiger partial charge in [-0.3, -0.25) is 14.9 Å². The minimum absolute atomic E-state index is 0. The van der Waals surface area contributed by atoms with E-state index in [9.17, 15) is 9.59 Å². The average molecular weight is 238 g/mol. The van der Waals surface area contributed by atoms with E-state index < -0.39 is 0 Å². The second-order valence-electron chi connectivity index (χ2n) is 1.47. The van der Waals surface area contributed by atoms with Gasteiger partial charge in [0.25, 0.3) is 0 Å². The molecule has 1 heterocycles. The molecule has 1 N–H and O–H groups in total. The molecule has 1 aliphatic heterocycles. The largest absolute Gasteiger partial charge is 0.296 e.